The Morgan fingerprint density at radius 2 is 2.11 bits per heavy atom. The maximum Gasteiger partial charge on any atom is 0.317 e. The lowest BCUT2D eigenvalue weighted by Gasteiger charge is -2.18. The molecule has 0 saturated carbocycles. The summed E-state index contributed by atoms with van der Waals surface area (Å²) in [6.45, 7) is 2.44. The predicted octanol–water partition coefficient (Wildman–Crippen LogP) is 0.574. The second kappa shape index (κ2) is 4.91. The molecule has 1 aromatic rings. The molecular weight excluding hydrogens is 242 g/mol. The number of urea groups is 1. The van der Waals surface area contributed by atoms with E-state index in [-0.39, 0.29) is 23.8 Å². The Morgan fingerprint density at radius 1 is 1.32 bits per heavy atom. The number of amides is 3. The standard InChI is InChI=1S/C14H17N3O2/c18-13-12-9-17(8-11(12)7-15-13)14(19)16-6-10-4-2-1-3-5-10/h1-5,11-12H,6-9H2,(H,15,18)(H,16,19)/t11-,12+/m1/s1. The van der Waals surface area contributed by atoms with Gasteiger partial charge < -0.3 is 15.5 Å². The predicted molar refractivity (Wildman–Crippen MR) is 70.2 cm³/mol. The highest BCUT2D eigenvalue weighted by Gasteiger charge is 2.43. The van der Waals surface area contributed by atoms with Gasteiger partial charge in [-0.2, -0.15) is 0 Å². The highest BCUT2D eigenvalue weighted by atomic mass is 16.2. The Hall–Kier alpha value is -2.04. The molecule has 0 bridgehead atoms. The Balaban J connectivity index is 1.53. The molecule has 1 aromatic carbocycles. The number of hydrogen-bond donors (Lipinski definition) is 2. The minimum absolute atomic E-state index is 0.0116. The molecular formula is C14H17N3O2. The number of nitrogens with zero attached hydrogens (tertiary/aromatic N) is 1. The van der Waals surface area contributed by atoms with Crippen molar-refractivity contribution in [3.63, 3.8) is 0 Å². The van der Waals surface area contributed by atoms with Gasteiger partial charge >= 0.3 is 6.03 Å². The lowest BCUT2D eigenvalue weighted by atomic mass is 10.0. The summed E-state index contributed by atoms with van der Waals surface area (Å²) in [6, 6.07) is 9.73. The van der Waals surface area contributed by atoms with Crippen molar-refractivity contribution in [1.29, 1.82) is 0 Å². The molecule has 5 heteroatoms. The molecule has 0 unspecified atom stereocenters. The van der Waals surface area contributed by atoms with Crippen LogP contribution in [0.4, 0.5) is 4.79 Å². The molecule has 2 saturated heterocycles. The van der Waals surface area contributed by atoms with Crippen molar-refractivity contribution in [2.24, 2.45) is 11.8 Å². The van der Waals surface area contributed by atoms with E-state index in [0.29, 0.717) is 26.2 Å². The van der Waals surface area contributed by atoms with Crippen LogP contribution >= 0.6 is 0 Å². The second-order valence-corrected chi connectivity index (χ2v) is 5.16. The highest BCUT2D eigenvalue weighted by molar-refractivity contribution is 5.84. The molecule has 5 nitrogen and oxygen atoms in total. The zero-order valence-electron chi connectivity index (χ0n) is 10.6. The quantitative estimate of drug-likeness (QED) is 0.816. The van der Waals surface area contributed by atoms with Crippen molar-refractivity contribution in [3.05, 3.63) is 35.9 Å². The van der Waals surface area contributed by atoms with Crippen LogP contribution in [-0.2, 0) is 11.3 Å². The molecule has 2 N–H and O–H groups in total. The van der Waals surface area contributed by atoms with Crippen LogP contribution in [0.5, 0.6) is 0 Å². The fourth-order valence-electron chi connectivity index (χ4n) is 2.79. The van der Waals surface area contributed by atoms with Crippen LogP contribution < -0.4 is 10.6 Å². The van der Waals surface area contributed by atoms with Crippen LogP contribution in [0.1, 0.15) is 5.56 Å². The van der Waals surface area contributed by atoms with Crippen LogP contribution in [0, 0.1) is 11.8 Å². The van der Waals surface area contributed by atoms with E-state index in [1.54, 1.807) is 4.90 Å². The number of rotatable bonds is 2. The summed E-state index contributed by atoms with van der Waals surface area (Å²) in [6.07, 6.45) is 0. The Labute approximate surface area is 112 Å². The van der Waals surface area contributed by atoms with E-state index in [0.717, 1.165) is 5.56 Å². The third-order valence-corrected chi connectivity index (χ3v) is 3.89. The Bertz CT molecular complexity index is 489. The van der Waals surface area contributed by atoms with E-state index in [2.05, 4.69) is 10.6 Å². The number of hydrogen-bond acceptors (Lipinski definition) is 2. The molecule has 0 spiro atoms. The molecule has 3 rings (SSSR count). The van der Waals surface area contributed by atoms with Crippen LogP contribution in [0.25, 0.3) is 0 Å². The highest BCUT2D eigenvalue weighted by Crippen LogP contribution is 2.27. The summed E-state index contributed by atoms with van der Waals surface area (Å²) in [5.74, 6) is 0.362. The molecule has 100 valence electrons. The van der Waals surface area contributed by atoms with E-state index < -0.39 is 0 Å². The molecule has 2 heterocycles. The van der Waals surface area contributed by atoms with Gasteiger partial charge in [-0.3, -0.25) is 4.79 Å². The molecule has 19 heavy (non-hydrogen) atoms. The Morgan fingerprint density at radius 3 is 2.84 bits per heavy atom. The molecule has 3 amide bonds. The van der Waals surface area contributed by atoms with Gasteiger partial charge in [0.2, 0.25) is 5.91 Å². The molecule has 0 radical (unpaired) electrons. The first-order valence-corrected chi connectivity index (χ1v) is 6.58. The van der Waals surface area contributed by atoms with Gasteiger partial charge in [0, 0.05) is 32.1 Å². The molecule has 0 aromatic heterocycles. The molecule has 2 fully saturated rings. The van der Waals surface area contributed by atoms with Crippen molar-refractivity contribution in [2.75, 3.05) is 19.6 Å². The molecule has 0 aliphatic carbocycles. The molecule has 2 aliphatic heterocycles. The summed E-state index contributed by atoms with van der Waals surface area (Å²) in [5.41, 5.74) is 1.08. The zero-order valence-corrected chi connectivity index (χ0v) is 10.6. The van der Waals surface area contributed by atoms with Crippen LogP contribution in [0.2, 0.25) is 0 Å². The normalized spacial score (nSPS) is 25.1. The van der Waals surface area contributed by atoms with Crippen LogP contribution in [-0.4, -0.2) is 36.5 Å². The summed E-state index contributed by atoms with van der Waals surface area (Å²) in [5, 5.41) is 5.74. The van der Waals surface area contributed by atoms with Gasteiger partial charge in [-0.05, 0) is 5.56 Å². The number of carbonyl (C=O) groups is 2. The van der Waals surface area contributed by atoms with E-state index in [9.17, 15) is 9.59 Å². The van der Waals surface area contributed by atoms with Crippen LogP contribution in [0.3, 0.4) is 0 Å². The fraction of sp³-hybridized carbons (Fsp3) is 0.429. The first-order chi connectivity index (χ1) is 9.24. The third-order valence-electron chi connectivity index (χ3n) is 3.89. The number of fused-ring (bicyclic) bond motifs is 1. The van der Waals surface area contributed by atoms with E-state index >= 15 is 0 Å². The van der Waals surface area contributed by atoms with Gasteiger partial charge in [0.05, 0.1) is 5.92 Å². The summed E-state index contributed by atoms with van der Waals surface area (Å²) in [7, 11) is 0. The third kappa shape index (κ3) is 2.41. The summed E-state index contributed by atoms with van der Waals surface area (Å²) < 4.78 is 0. The summed E-state index contributed by atoms with van der Waals surface area (Å²) in [4.78, 5) is 25.3. The van der Waals surface area contributed by atoms with Gasteiger partial charge in [0.1, 0.15) is 0 Å². The van der Waals surface area contributed by atoms with E-state index in [1.807, 2.05) is 30.3 Å². The van der Waals surface area contributed by atoms with Gasteiger partial charge in [-0.1, -0.05) is 30.3 Å². The minimum atomic E-state index is -0.0777. The zero-order chi connectivity index (χ0) is 13.2. The van der Waals surface area contributed by atoms with Gasteiger partial charge in [-0.15, -0.1) is 0 Å². The topological polar surface area (TPSA) is 61.4 Å². The fourth-order valence-corrected chi connectivity index (χ4v) is 2.79. The summed E-state index contributed by atoms with van der Waals surface area (Å²) >= 11 is 0. The lowest BCUT2D eigenvalue weighted by molar-refractivity contribution is -0.122. The van der Waals surface area contributed by atoms with Gasteiger partial charge in [-0.25, -0.2) is 4.79 Å². The Kier molecular flexibility index (Phi) is 3.11. The minimum Gasteiger partial charge on any atom is -0.355 e. The van der Waals surface area contributed by atoms with Crippen molar-refractivity contribution >= 4 is 11.9 Å². The SMILES string of the molecule is O=C1NC[C@@H]2CN(C(=O)NCc3ccccc3)C[C@H]12. The van der Waals surface area contributed by atoms with Crippen molar-refractivity contribution in [1.82, 2.24) is 15.5 Å². The second-order valence-electron chi connectivity index (χ2n) is 5.16. The van der Waals surface area contributed by atoms with Gasteiger partial charge in [0.15, 0.2) is 0 Å². The van der Waals surface area contributed by atoms with Gasteiger partial charge in [0.25, 0.3) is 0 Å². The van der Waals surface area contributed by atoms with Crippen LogP contribution in [0.15, 0.2) is 30.3 Å². The van der Waals surface area contributed by atoms with Crippen molar-refractivity contribution in [3.8, 4) is 0 Å². The lowest BCUT2D eigenvalue weighted by Crippen LogP contribution is -2.40. The number of nitrogens with one attached hydrogen (secondary N) is 2. The van der Waals surface area contributed by atoms with E-state index in [4.69, 9.17) is 0 Å². The monoisotopic (exact) mass is 259 g/mol. The maximum atomic E-state index is 12.0. The van der Waals surface area contributed by atoms with E-state index in [1.165, 1.54) is 0 Å². The first-order valence-electron chi connectivity index (χ1n) is 6.58. The maximum absolute atomic E-state index is 12.0. The average molecular weight is 259 g/mol. The number of benzene rings is 1. The number of carbonyl (C=O) groups excluding carboxylic acids is 2. The van der Waals surface area contributed by atoms with Crippen molar-refractivity contribution in [2.45, 2.75) is 6.54 Å². The smallest absolute Gasteiger partial charge is 0.317 e. The average Bonchev–Trinajstić information content (AvgIpc) is 3.00. The molecule has 2 aliphatic rings. The molecule has 2 atom stereocenters. The van der Waals surface area contributed by atoms with Crippen molar-refractivity contribution < 1.29 is 9.59 Å². The number of likely N-dealkylation sites (tertiary alicyclic amines) is 1. The first kappa shape index (κ1) is 12.0. The largest absolute Gasteiger partial charge is 0.355 e.